The van der Waals surface area contributed by atoms with Crippen molar-refractivity contribution in [2.24, 2.45) is 0 Å². The molecule has 2 aliphatic rings. The molecule has 0 bridgehead atoms. The number of benzene rings is 1. The number of rotatable bonds is 5. The highest BCUT2D eigenvalue weighted by molar-refractivity contribution is 6.00. The summed E-state index contributed by atoms with van der Waals surface area (Å²) in [5.74, 6) is -1.47. The molecule has 116 valence electrons. The molecule has 1 fully saturated rings. The number of carboxylic acids is 1. The molecule has 22 heavy (non-hydrogen) atoms. The maximum Gasteiger partial charge on any atom is 0.326 e. The number of hydrogen-bond acceptors (Lipinski definition) is 3. The van der Waals surface area contributed by atoms with Crippen LogP contribution >= 0.6 is 0 Å². The highest BCUT2D eigenvalue weighted by Crippen LogP contribution is 2.30. The fraction of sp³-hybridized carbons (Fsp3) is 0.438. The molecule has 0 spiro atoms. The second kappa shape index (κ2) is 5.44. The molecule has 0 radical (unpaired) electrons. The Hall–Kier alpha value is -2.37. The first-order chi connectivity index (χ1) is 10.5. The second-order valence-corrected chi connectivity index (χ2v) is 5.86. The standard InChI is InChI=1S/C16H18N2O4/c1-10(16(21)22)18(12-6-7-12)14(19)9-17-8-11-4-2-3-5-13(11)15(17)20/h2-5,10,12H,6-9H2,1H3,(H,21,22). The average Bonchev–Trinajstić information content (AvgIpc) is 3.26. The lowest BCUT2D eigenvalue weighted by molar-refractivity contribution is -0.150. The molecule has 0 saturated heterocycles. The molecule has 6 heteroatoms. The van der Waals surface area contributed by atoms with Crippen LogP contribution in [0.5, 0.6) is 0 Å². The van der Waals surface area contributed by atoms with Crippen molar-refractivity contribution in [3.8, 4) is 0 Å². The normalized spacial score (nSPS) is 18.0. The van der Waals surface area contributed by atoms with E-state index in [0.717, 1.165) is 18.4 Å². The molecule has 6 nitrogen and oxygen atoms in total. The van der Waals surface area contributed by atoms with Crippen LogP contribution in [0.25, 0.3) is 0 Å². The van der Waals surface area contributed by atoms with Gasteiger partial charge in [-0.3, -0.25) is 9.59 Å². The van der Waals surface area contributed by atoms with Crippen LogP contribution < -0.4 is 0 Å². The van der Waals surface area contributed by atoms with Gasteiger partial charge in [-0.2, -0.15) is 0 Å². The number of amides is 2. The Balaban J connectivity index is 1.72. The van der Waals surface area contributed by atoms with E-state index in [9.17, 15) is 14.4 Å². The van der Waals surface area contributed by atoms with Crippen LogP contribution in [0, 0.1) is 0 Å². The molecule has 0 aromatic heterocycles. The van der Waals surface area contributed by atoms with Crippen LogP contribution in [0.3, 0.4) is 0 Å². The van der Waals surface area contributed by atoms with Gasteiger partial charge in [0.1, 0.15) is 12.6 Å². The molecule has 1 aromatic rings. The zero-order valence-electron chi connectivity index (χ0n) is 12.4. The summed E-state index contributed by atoms with van der Waals surface area (Å²) in [6.07, 6.45) is 1.66. The Morgan fingerprint density at radius 3 is 2.64 bits per heavy atom. The van der Waals surface area contributed by atoms with E-state index in [0.29, 0.717) is 12.1 Å². The van der Waals surface area contributed by atoms with E-state index in [-0.39, 0.29) is 24.4 Å². The van der Waals surface area contributed by atoms with Crippen LogP contribution in [0.1, 0.15) is 35.7 Å². The van der Waals surface area contributed by atoms with Gasteiger partial charge in [0.15, 0.2) is 0 Å². The number of aliphatic carboxylic acids is 1. The monoisotopic (exact) mass is 302 g/mol. The van der Waals surface area contributed by atoms with Gasteiger partial charge in [-0.25, -0.2) is 4.79 Å². The summed E-state index contributed by atoms with van der Waals surface area (Å²) < 4.78 is 0. The molecule has 1 aliphatic carbocycles. The van der Waals surface area contributed by atoms with E-state index in [2.05, 4.69) is 0 Å². The van der Waals surface area contributed by atoms with Crippen molar-refractivity contribution in [1.82, 2.24) is 9.80 Å². The molecule has 1 unspecified atom stereocenters. The SMILES string of the molecule is CC(C(=O)O)N(C(=O)CN1Cc2ccccc2C1=O)C1CC1. The Labute approximate surface area is 128 Å². The first kappa shape index (κ1) is 14.6. The van der Waals surface area contributed by atoms with E-state index >= 15 is 0 Å². The van der Waals surface area contributed by atoms with Gasteiger partial charge in [-0.05, 0) is 31.4 Å². The van der Waals surface area contributed by atoms with E-state index in [1.807, 2.05) is 12.1 Å². The molecule has 1 N–H and O–H groups in total. The third kappa shape index (κ3) is 2.56. The van der Waals surface area contributed by atoms with E-state index < -0.39 is 12.0 Å². The van der Waals surface area contributed by atoms with Crippen molar-refractivity contribution in [2.45, 2.75) is 38.4 Å². The van der Waals surface area contributed by atoms with Crippen LogP contribution in [-0.4, -0.2) is 51.3 Å². The van der Waals surface area contributed by atoms with Gasteiger partial charge in [0.05, 0.1) is 0 Å². The third-order valence-corrected chi connectivity index (χ3v) is 4.23. The summed E-state index contributed by atoms with van der Waals surface area (Å²) in [5.41, 5.74) is 1.53. The summed E-state index contributed by atoms with van der Waals surface area (Å²) in [7, 11) is 0. The van der Waals surface area contributed by atoms with Crippen molar-refractivity contribution in [3.63, 3.8) is 0 Å². The van der Waals surface area contributed by atoms with Gasteiger partial charge in [0, 0.05) is 18.2 Å². The molecular weight excluding hydrogens is 284 g/mol. The van der Waals surface area contributed by atoms with Gasteiger partial charge < -0.3 is 14.9 Å². The zero-order valence-corrected chi connectivity index (χ0v) is 12.4. The van der Waals surface area contributed by atoms with Crippen molar-refractivity contribution in [1.29, 1.82) is 0 Å². The molecule has 1 saturated carbocycles. The van der Waals surface area contributed by atoms with E-state index in [1.54, 1.807) is 12.1 Å². The molecule has 3 rings (SSSR count). The highest BCUT2D eigenvalue weighted by Gasteiger charge is 2.40. The fourth-order valence-electron chi connectivity index (χ4n) is 2.89. The third-order valence-electron chi connectivity index (χ3n) is 4.23. The van der Waals surface area contributed by atoms with Crippen LogP contribution in [0.2, 0.25) is 0 Å². The quantitative estimate of drug-likeness (QED) is 0.883. The molecule has 2 amide bonds. The largest absolute Gasteiger partial charge is 0.480 e. The second-order valence-electron chi connectivity index (χ2n) is 5.86. The first-order valence-corrected chi connectivity index (χ1v) is 7.40. The molecular formula is C16H18N2O4. The van der Waals surface area contributed by atoms with Gasteiger partial charge >= 0.3 is 5.97 Å². The number of nitrogens with zero attached hydrogens (tertiary/aromatic N) is 2. The van der Waals surface area contributed by atoms with Crippen molar-refractivity contribution in [3.05, 3.63) is 35.4 Å². The van der Waals surface area contributed by atoms with Crippen molar-refractivity contribution < 1.29 is 19.5 Å². The molecule has 1 atom stereocenters. The predicted octanol–water partition coefficient (Wildman–Crippen LogP) is 1.11. The zero-order chi connectivity index (χ0) is 15.9. The maximum absolute atomic E-state index is 12.5. The van der Waals surface area contributed by atoms with Gasteiger partial charge in [-0.1, -0.05) is 18.2 Å². The first-order valence-electron chi connectivity index (χ1n) is 7.40. The van der Waals surface area contributed by atoms with Crippen LogP contribution in [-0.2, 0) is 16.1 Å². The molecule has 1 aliphatic heterocycles. The van der Waals surface area contributed by atoms with Gasteiger partial charge in [-0.15, -0.1) is 0 Å². The van der Waals surface area contributed by atoms with Crippen LogP contribution in [0.4, 0.5) is 0 Å². The summed E-state index contributed by atoms with van der Waals surface area (Å²) in [6.45, 7) is 1.85. The minimum Gasteiger partial charge on any atom is -0.480 e. The van der Waals surface area contributed by atoms with Gasteiger partial charge in [0.2, 0.25) is 5.91 Å². The predicted molar refractivity (Wildman–Crippen MR) is 78.1 cm³/mol. The molecule has 1 heterocycles. The maximum atomic E-state index is 12.5. The fourth-order valence-corrected chi connectivity index (χ4v) is 2.89. The number of fused-ring (bicyclic) bond motifs is 1. The topological polar surface area (TPSA) is 77.9 Å². The lowest BCUT2D eigenvalue weighted by atomic mass is 10.1. The van der Waals surface area contributed by atoms with Crippen molar-refractivity contribution >= 4 is 17.8 Å². The van der Waals surface area contributed by atoms with Crippen LogP contribution in [0.15, 0.2) is 24.3 Å². The lowest BCUT2D eigenvalue weighted by Gasteiger charge is -2.28. The number of carbonyl (C=O) groups is 3. The minimum absolute atomic E-state index is 0.00122. The van der Waals surface area contributed by atoms with E-state index in [1.165, 1.54) is 16.7 Å². The van der Waals surface area contributed by atoms with E-state index in [4.69, 9.17) is 5.11 Å². The summed E-state index contributed by atoms with van der Waals surface area (Å²) in [5, 5.41) is 9.16. The average molecular weight is 302 g/mol. The summed E-state index contributed by atoms with van der Waals surface area (Å²) in [4.78, 5) is 38.9. The number of carbonyl (C=O) groups excluding carboxylic acids is 2. The van der Waals surface area contributed by atoms with Crippen molar-refractivity contribution in [2.75, 3.05) is 6.54 Å². The Morgan fingerprint density at radius 1 is 1.36 bits per heavy atom. The summed E-state index contributed by atoms with van der Waals surface area (Å²) in [6, 6.07) is 6.42. The number of hydrogen-bond donors (Lipinski definition) is 1. The van der Waals surface area contributed by atoms with Gasteiger partial charge in [0.25, 0.3) is 5.91 Å². The Kier molecular flexibility index (Phi) is 3.60. The Morgan fingerprint density at radius 2 is 2.05 bits per heavy atom. The smallest absolute Gasteiger partial charge is 0.326 e. The minimum atomic E-state index is -1.02. The Bertz CT molecular complexity index is 639. The highest BCUT2D eigenvalue weighted by atomic mass is 16.4. The lowest BCUT2D eigenvalue weighted by Crippen LogP contribution is -2.48. The molecule has 1 aromatic carbocycles. The summed E-state index contributed by atoms with van der Waals surface area (Å²) >= 11 is 0. The number of carboxylic acid groups (broad SMARTS) is 1.